The average molecular weight is 217 g/mol. The SMILES string of the molecule is CC(C)(N)CSCCN1CCNC1=O. The van der Waals surface area contributed by atoms with Crippen molar-refractivity contribution >= 4 is 17.8 Å². The lowest BCUT2D eigenvalue weighted by Crippen LogP contribution is -2.35. The van der Waals surface area contributed by atoms with Crippen molar-refractivity contribution in [3.05, 3.63) is 0 Å². The predicted molar refractivity (Wildman–Crippen MR) is 60.6 cm³/mol. The van der Waals surface area contributed by atoms with Crippen LogP contribution in [0, 0.1) is 0 Å². The van der Waals surface area contributed by atoms with E-state index in [2.05, 4.69) is 5.32 Å². The Hall–Kier alpha value is -0.420. The van der Waals surface area contributed by atoms with E-state index in [0.717, 1.165) is 31.1 Å². The fourth-order valence-electron chi connectivity index (χ4n) is 1.23. The zero-order chi connectivity index (χ0) is 10.6. The molecule has 0 spiro atoms. The number of nitrogens with one attached hydrogen (secondary N) is 1. The van der Waals surface area contributed by atoms with Gasteiger partial charge in [-0.3, -0.25) is 0 Å². The van der Waals surface area contributed by atoms with Crippen molar-refractivity contribution in [2.24, 2.45) is 5.73 Å². The number of carbonyl (C=O) groups is 1. The number of hydrogen-bond donors (Lipinski definition) is 2. The Balaban J connectivity index is 2.07. The number of urea groups is 1. The fourth-order valence-corrected chi connectivity index (χ4v) is 2.25. The van der Waals surface area contributed by atoms with E-state index in [1.54, 1.807) is 11.8 Å². The largest absolute Gasteiger partial charge is 0.336 e. The Bertz CT molecular complexity index is 203. The van der Waals surface area contributed by atoms with E-state index >= 15 is 0 Å². The number of nitrogens with two attached hydrogens (primary N) is 1. The van der Waals surface area contributed by atoms with Crippen LogP contribution in [0.5, 0.6) is 0 Å². The lowest BCUT2D eigenvalue weighted by atomic mass is 10.1. The second-order valence-electron chi connectivity index (χ2n) is 4.26. The van der Waals surface area contributed by atoms with E-state index in [4.69, 9.17) is 5.73 Å². The van der Waals surface area contributed by atoms with Crippen molar-refractivity contribution in [1.29, 1.82) is 0 Å². The van der Waals surface area contributed by atoms with E-state index < -0.39 is 0 Å². The van der Waals surface area contributed by atoms with Gasteiger partial charge in [0.25, 0.3) is 0 Å². The Morgan fingerprint density at radius 2 is 2.36 bits per heavy atom. The molecule has 1 fully saturated rings. The highest BCUT2D eigenvalue weighted by Crippen LogP contribution is 2.10. The number of nitrogens with zero attached hydrogens (tertiary/aromatic N) is 1. The summed E-state index contributed by atoms with van der Waals surface area (Å²) in [7, 11) is 0. The standard InChI is InChI=1S/C9H19N3OS/c1-9(2,10)7-14-6-5-12-4-3-11-8(12)13/h3-7,10H2,1-2H3,(H,11,13). The van der Waals surface area contributed by atoms with E-state index in [0.29, 0.717) is 0 Å². The van der Waals surface area contributed by atoms with Gasteiger partial charge in [-0.1, -0.05) is 0 Å². The normalized spacial score (nSPS) is 17.4. The number of carbonyl (C=O) groups excluding carboxylic acids is 1. The van der Waals surface area contributed by atoms with Gasteiger partial charge < -0.3 is 16.0 Å². The third-order valence-electron chi connectivity index (χ3n) is 1.92. The molecule has 0 aromatic heterocycles. The average Bonchev–Trinajstić information content (AvgIpc) is 2.44. The molecular formula is C9H19N3OS. The smallest absolute Gasteiger partial charge is 0.317 e. The highest BCUT2D eigenvalue weighted by Gasteiger charge is 2.18. The first kappa shape index (κ1) is 11.7. The van der Waals surface area contributed by atoms with E-state index in [9.17, 15) is 4.79 Å². The number of rotatable bonds is 5. The van der Waals surface area contributed by atoms with Gasteiger partial charge in [-0.25, -0.2) is 4.79 Å². The molecule has 1 saturated heterocycles. The molecule has 0 atom stereocenters. The number of thioether (sulfide) groups is 1. The molecule has 2 amide bonds. The van der Waals surface area contributed by atoms with Crippen LogP contribution in [0.25, 0.3) is 0 Å². The molecule has 1 aliphatic rings. The van der Waals surface area contributed by atoms with E-state index in [1.165, 1.54) is 0 Å². The first-order chi connectivity index (χ1) is 6.49. The van der Waals surface area contributed by atoms with Crippen LogP contribution in [0.4, 0.5) is 4.79 Å². The van der Waals surface area contributed by atoms with Crippen molar-refractivity contribution in [1.82, 2.24) is 10.2 Å². The summed E-state index contributed by atoms with van der Waals surface area (Å²) in [5.74, 6) is 1.90. The van der Waals surface area contributed by atoms with Gasteiger partial charge in [0.15, 0.2) is 0 Å². The Labute approximate surface area is 89.6 Å². The molecule has 0 radical (unpaired) electrons. The molecule has 1 aliphatic heterocycles. The predicted octanol–water partition coefficient (Wildman–Crippen LogP) is 0.482. The second-order valence-corrected chi connectivity index (χ2v) is 5.37. The summed E-state index contributed by atoms with van der Waals surface area (Å²) in [4.78, 5) is 13.0. The number of amides is 2. The quantitative estimate of drug-likeness (QED) is 0.659. The molecule has 14 heavy (non-hydrogen) atoms. The molecule has 5 heteroatoms. The number of hydrogen-bond acceptors (Lipinski definition) is 3. The minimum atomic E-state index is -0.113. The van der Waals surface area contributed by atoms with Gasteiger partial charge in [-0.2, -0.15) is 11.8 Å². The molecule has 0 aromatic carbocycles. The molecule has 0 unspecified atom stereocenters. The van der Waals surface area contributed by atoms with Crippen LogP contribution in [0.1, 0.15) is 13.8 Å². The van der Waals surface area contributed by atoms with Crippen molar-refractivity contribution in [2.45, 2.75) is 19.4 Å². The van der Waals surface area contributed by atoms with Crippen molar-refractivity contribution < 1.29 is 4.79 Å². The maximum absolute atomic E-state index is 11.1. The monoisotopic (exact) mass is 217 g/mol. The van der Waals surface area contributed by atoms with Crippen LogP contribution >= 0.6 is 11.8 Å². The van der Waals surface area contributed by atoms with Crippen LogP contribution in [0.2, 0.25) is 0 Å². The van der Waals surface area contributed by atoms with Crippen LogP contribution in [0.3, 0.4) is 0 Å². The van der Waals surface area contributed by atoms with Crippen molar-refractivity contribution in [3.63, 3.8) is 0 Å². The Morgan fingerprint density at radius 1 is 1.64 bits per heavy atom. The maximum Gasteiger partial charge on any atom is 0.317 e. The molecule has 0 aliphatic carbocycles. The molecule has 3 N–H and O–H groups in total. The molecular weight excluding hydrogens is 198 g/mol. The van der Waals surface area contributed by atoms with Gasteiger partial charge in [0.1, 0.15) is 0 Å². The van der Waals surface area contributed by atoms with Gasteiger partial charge in [0, 0.05) is 36.7 Å². The topological polar surface area (TPSA) is 58.4 Å². The minimum Gasteiger partial charge on any atom is -0.336 e. The van der Waals surface area contributed by atoms with Crippen LogP contribution in [-0.4, -0.2) is 47.6 Å². The summed E-state index contributed by atoms with van der Waals surface area (Å²) < 4.78 is 0. The van der Waals surface area contributed by atoms with Gasteiger partial charge in [0.2, 0.25) is 0 Å². The molecule has 4 nitrogen and oxygen atoms in total. The first-order valence-electron chi connectivity index (χ1n) is 4.88. The molecule has 0 bridgehead atoms. The molecule has 82 valence electrons. The summed E-state index contributed by atoms with van der Waals surface area (Å²) in [5.41, 5.74) is 5.73. The van der Waals surface area contributed by atoms with E-state index in [-0.39, 0.29) is 11.6 Å². The van der Waals surface area contributed by atoms with Crippen LogP contribution in [0.15, 0.2) is 0 Å². The highest BCUT2D eigenvalue weighted by atomic mass is 32.2. The van der Waals surface area contributed by atoms with Crippen molar-refractivity contribution in [3.8, 4) is 0 Å². The van der Waals surface area contributed by atoms with Crippen molar-refractivity contribution in [2.75, 3.05) is 31.1 Å². The van der Waals surface area contributed by atoms with Crippen LogP contribution in [-0.2, 0) is 0 Å². The Morgan fingerprint density at radius 3 is 2.86 bits per heavy atom. The summed E-state index contributed by atoms with van der Waals surface area (Å²) >= 11 is 1.80. The minimum absolute atomic E-state index is 0.0672. The summed E-state index contributed by atoms with van der Waals surface area (Å²) in [6, 6.07) is 0.0672. The van der Waals surface area contributed by atoms with Crippen LogP contribution < -0.4 is 11.1 Å². The first-order valence-corrected chi connectivity index (χ1v) is 6.04. The molecule has 1 heterocycles. The lowest BCUT2D eigenvalue weighted by molar-refractivity contribution is 0.220. The second kappa shape index (κ2) is 4.89. The fraction of sp³-hybridized carbons (Fsp3) is 0.889. The van der Waals surface area contributed by atoms with Gasteiger partial charge >= 0.3 is 6.03 Å². The zero-order valence-corrected chi connectivity index (χ0v) is 9.69. The maximum atomic E-state index is 11.1. The third kappa shape index (κ3) is 4.19. The van der Waals surface area contributed by atoms with Gasteiger partial charge in [-0.05, 0) is 13.8 Å². The molecule has 0 saturated carbocycles. The molecule has 1 rings (SSSR count). The lowest BCUT2D eigenvalue weighted by Gasteiger charge is -2.19. The Kier molecular flexibility index (Phi) is 4.07. The van der Waals surface area contributed by atoms with E-state index in [1.807, 2.05) is 18.7 Å². The van der Waals surface area contributed by atoms with Gasteiger partial charge in [-0.15, -0.1) is 0 Å². The third-order valence-corrected chi connectivity index (χ3v) is 3.34. The highest BCUT2D eigenvalue weighted by molar-refractivity contribution is 7.99. The summed E-state index contributed by atoms with van der Waals surface area (Å²) in [5, 5.41) is 2.78. The molecule has 0 aromatic rings. The summed E-state index contributed by atoms with van der Waals surface area (Å²) in [6.07, 6.45) is 0. The van der Waals surface area contributed by atoms with Gasteiger partial charge in [0.05, 0.1) is 0 Å². The zero-order valence-electron chi connectivity index (χ0n) is 8.88. The summed E-state index contributed by atoms with van der Waals surface area (Å²) in [6.45, 7) is 6.48.